The van der Waals surface area contributed by atoms with Crippen molar-refractivity contribution in [2.45, 2.75) is 23.9 Å². The van der Waals surface area contributed by atoms with E-state index in [1.54, 1.807) is 49.6 Å². The van der Waals surface area contributed by atoms with Crippen LogP contribution >= 0.6 is 46.6 Å². The van der Waals surface area contributed by atoms with Gasteiger partial charge in [0.05, 0.1) is 23.9 Å². The molecule has 1 N–H and O–H groups in total. The van der Waals surface area contributed by atoms with Crippen LogP contribution in [-0.4, -0.2) is 27.8 Å². The van der Waals surface area contributed by atoms with Crippen LogP contribution in [0.4, 0.5) is 0 Å². The fraction of sp³-hybridized carbons (Fsp3) is 0.160. The highest BCUT2D eigenvalue weighted by atomic mass is 35.5. The molecule has 1 aromatic heterocycles. The maximum atomic E-state index is 12.8. The summed E-state index contributed by atoms with van der Waals surface area (Å²) in [6.07, 6.45) is 0. The molecule has 6 nitrogen and oxygen atoms in total. The number of hydrogen-bond donors (Lipinski definition) is 1. The Morgan fingerprint density at radius 2 is 1.77 bits per heavy atom. The lowest BCUT2D eigenvalue weighted by Gasteiger charge is -2.17. The first kappa shape index (κ1) is 25.4. The fourth-order valence-corrected chi connectivity index (χ4v) is 4.78. The quantitative estimate of drug-likeness (QED) is 0.240. The van der Waals surface area contributed by atoms with Crippen molar-refractivity contribution >= 4 is 52.5 Å². The highest BCUT2D eigenvalue weighted by Gasteiger charge is 2.23. The third-order valence-electron chi connectivity index (χ3n) is 5.15. The largest absolute Gasteiger partial charge is 0.497 e. The second-order valence-corrected chi connectivity index (χ2v) is 9.84. The zero-order valence-electron chi connectivity index (χ0n) is 18.8. The third-order valence-corrected chi connectivity index (χ3v) is 6.96. The van der Waals surface area contributed by atoms with Gasteiger partial charge < -0.3 is 10.1 Å². The van der Waals surface area contributed by atoms with E-state index in [9.17, 15) is 4.79 Å². The van der Waals surface area contributed by atoms with Crippen LogP contribution in [-0.2, 0) is 5.75 Å². The topological polar surface area (TPSA) is 69.0 Å². The monoisotopic (exact) mass is 546 g/mol. The molecule has 0 saturated heterocycles. The van der Waals surface area contributed by atoms with Crippen molar-refractivity contribution in [1.29, 1.82) is 0 Å². The molecule has 4 rings (SSSR count). The normalized spacial score (nSPS) is 11.8. The molecule has 10 heteroatoms. The van der Waals surface area contributed by atoms with E-state index in [0.717, 1.165) is 11.3 Å². The molecular weight excluding hydrogens is 527 g/mol. The summed E-state index contributed by atoms with van der Waals surface area (Å²) in [4.78, 5) is 12.8. The predicted molar refractivity (Wildman–Crippen MR) is 141 cm³/mol. The first-order valence-corrected chi connectivity index (χ1v) is 12.7. The van der Waals surface area contributed by atoms with Gasteiger partial charge in [0.15, 0.2) is 11.0 Å². The molecule has 1 amide bonds. The summed E-state index contributed by atoms with van der Waals surface area (Å²) in [7, 11) is 1.63. The molecule has 35 heavy (non-hydrogen) atoms. The van der Waals surface area contributed by atoms with E-state index in [2.05, 4.69) is 15.5 Å². The van der Waals surface area contributed by atoms with Crippen molar-refractivity contribution in [2.24, 2.45) is 0 Å². The van der Waals surface area contributed by atoms with Crippen LogP contribution in [0.3, 0.4) is 0 Å². The van der Waals surface area contributed by atoms with E-state index in [1.165, 1.54) is 11.8 Å². The number of benzene rings is 3. The predicted octanol–water partition coefficient (Wildman–Crippen LogP) is 7.02. The molecule has 1 unspecified atom stereocenters. The molecule has 1 heterocycles. The average molecular weight is 548 g/mol. The molecule has 0 spiro atoms. The van der Waals surface area contributed by atoms with Gasteiger partial charge in [-0.2, -0.15) is 0 Å². The number of nitrogens with one attached hydrogen (secondary N) is 1. The van der Waals surface area contributed by atoms with Crippen LogP contribution in [0.15, 0.2) is 71.9 Å². The van der Waals surface area contributed by atoms with E-state index >= 15 is 0 Å². The number of thioether (sulfide) groups is 1. The number of carbonyl (C=O) groups is 1. The third kappa shape index (κ3) is 6.11. The molecule has 180 valence electrons. The number of aromatic nitrogens is 3. The Hall–Kier alpha value is -2.71. The van der Waals surface area contributed by atoms with E-state index < -0.39 is 6.04 Å². The zero-order chi connectivity index (χ0) is 24.9. The van der Waals surface area contributed by atoms with Crippen molar-refractivity contribution in [3.8, 4) is 11.4 Å². The van der Waals surface area contributed by atoms with Crippen LogP contribution in [0.5, 0.6) is 5.75 Å². The Kier molecular flexibility index (Phi) is 8.23. The van der Waals surface area contributed by atoms with Gasteiger partial charge >= 0.3 is 0 Å². The maximum Gasteiger partial charge on any atom is 0.251 e. The summed E-state index contributed by atoms with van der Waals surface area (Å²) in [6.45, 7) is 1.84. The Bertz CT molecular complexity index is 1350. The van der Waals surface area contributed by atoms with Gasteiger partial charge in [-0.25, -0.2) is 0 Å². The molecule has 0 aliphatic rings. The van der Waals surface area contributed by atoms with Crippen LogP contribution < -0.4 is 10.1 Å². The molecular formula is C25H21Cl3N4O2S. The van der Waals surface area contributed by atoms with Gasteiger partial charge in [0.25, 0.3) is 5.91 Å². The summed E-state index contributed by atoms with van der Waals surface area (Å²) in [5.41, 5.74) is 2.17. The number of hydrogen-bond acceptors (Lipinski definition) is 5. The molecule has 0 aliphatic carbocycles. The zero-order valence-corrected chi connectivity index (χ0v) is 21.9. The highest BCUT2D eigenvalue weighted by Crippen LogP contribution is 2.33. The lowest BCUT2D eigenvalue weighted by Crippen LogP contribution is -2.28. The molecule has 0 saturated carbocycles. The van der Waals surface area contributed by atoms with Gasteiger partial charge in [0, 0.05) is 21.4 Å². The molecule has 1 atom stereocenters. The Labute approximate surface area is 222 Å². The van der Waals surface area contributed by atoms with E-state index in [-0.39, 0.29) is 5.91 Å². The summed E-state index contributed by atoms with van der Waals surface area (Å²) >= 11 is 20.3. The number of methoxy groups -OCH3 is 1. The Morgan fingerprint density at radius 3 is 2.51 bits per heavy atom. The summed E-state index contributed by atoms with van der Waals surface area (Å²) in [6, 6.07) is 19.2. The number of nitrogens with zero attached hydrogens (tertiary/aromatic N) is 3. The van der Waals surface area contributed by atoms with Crippen LogP contribution in [0.2, 0.25) is 15.1 Å². The molecule has 4 aromatic rings. The van der Waals surface area contributed by atoms with E-state index in [4.69, 9.17) is 39.5 Å². The minimum atomic E-state index is -0.480. The van der Waals surface area contributed by atoms with Crippen LogP contribution in [0.1, 0.15) is 34.7 Å². The number of halogens is 3. The maximum absolute atomic E-state index is 12.8. The van der Waals surface area contributed by atoms with E-state index in [1.807, 2.05) is 35.8 Å². The van der Waals surface area contributed by atoms with Gasteiger partial charge in [-0.3, -0.25) is 9.36 Å². The molecule has 0 fully saturated rings. The molecule has 0 radical (unpaired) electrons. The average Bonchev–Trinajstić information content (AvgIpc) is 3.28. The SMILES string of the molecule is COc1cccc(CSc2nnc(C(C)NC(=O)c3ccc(Cl)cc3)n2-c2cc(Cl)ccc2Cl)c1. The Balaban J connectivity index is 1.66. The lowest BCUT2D eigenvalue weighted by atomic mass is 10.2. The van der Waals surface area contributed by atoms with Gasteiger partial charge in [-0.05, 0) is 67.1 Å². The lowest BCUT2D eigenvalue weighted by molar-refractivity contribution is 0.0938. The number of ether oxygens (including phenoxy) is 1. The number of amides is 1. The van der Waals surface area contributed by atoms with Gasteiger partial charge in [0.2, 0.25) is 0 Å². The van der Waals surface area contributed by atoms with Crippen molar-refractivity contribution < 1.29 is 9.53 Å². The summed E-state index contributed by atoms with van der Waals surface area (Å²) in [5, 5.41) is 13.9. The smallest absolute Gasteiger partial charge is 0.251 e. The van der Waals surface area contributed by atoms with Gasteiger partial charge in [-0.15, -0.1) is 10.2 Å². The Morgan fingerprint density at radius 1 is 1.03 bits per heavy atom. The first-order valence-electron chi connectivity index (χ1n) is 10.6. The minimum absolute atomic E-state index is 0.258. The molecule has 0 bridgehead atoms. The first-order chi connectivity index (χ1) is 16.9. The fourth-order valence-electron chi connectivity index (χ4n) is 3.39. The highest BCUT2D eigenvalue weighted by molar-refractivity contribution is 7.98. The summed E-state index contributed by atoms with van der Waals surface area (Å²) in [5.74, 6) is 1.66. The van der Waals surface area contributed by atoms with Crippen molar-refractivity contribution in [3.63, 3.8) is 0 Å². The number of rotatable bonds is 8. The second-order valence-electron chi connectivity index (χ2n) is 7.61. The standard InChI is InChI=1S/C25H21Cl3N4O2S/c1-15(29-24(33)17-6-8-18(26)9-7-17)23-30-31-25(32(23)22-13-19(27)10-11-21(22)28)35-14-16-4-3-5-20(12-16)34-2/h3-13,15H,14H2,1-2H3,(H,29,33). The van der Waals surface area contributed by atoms with Crippen LogP contribution in [0, 0.1) is 0 Å². The van der Waals surface area contributed by atoms with Crippen molar-refractivity contribution in [2.75, 3.05) is 7.11 Å². The number of carbonyl (C=O) groups excluding carboxylic acids is 1. The van der Waals surface area contributed by atoms with Crippen LogP contribution in [0.25, 0.3) is 5.69 Å². The van der Waals surface area contributed by atoms with Gasteiger partial charge in [-0.1, -0.05) is 58.7 Å². The van der Waals surface area contributed by atoms with E-state index in [0.29, 0.717) is 43.1 Å². The van der Waals surface area contributed by atoms with Gasteiger partial charge in [0.1, 0.15) is 5.75 Å². The van der Waals surface area contributed by atoms with Crippen molar-refractivity contribution in [1.82, 2.24) is 20.1 Å². The minimum Gasteiger partial charge on any atom is -0.497 e. The second kappa shape index (κ2) is 11.4. The van der Waals surface area contributed by atoms with Crippen molar-refractivity contribution in [3.05, 3.63) is 98.7 Å². The molecule has 3 aromatic carbocycles. The summed E-state index contributed by atoms with van der Waals surface area (Å²) < 4.78 is 7.15. The molecule has 0 aliphatic heterocycles.